The highest BCUT2D eigenvalue weighted by Gasteiger charge is 2.21. The van der Waals surface area contributed by atoms with Crippen molar-refractivity contribution in [1.82, 2.24) is 14.9 Å². The van der Waals surface area contributed by atoms with Crippen LogP contribution in [0.25, 0.3) is 0 Å². The molecule has 0 radical (unpaired) electrons. The van der Waals surface area contributed by atoms with E-state index in [1.54, 1.807) is 0 Å². The van der Waals surface area contributed by atoms with Crippen molar-refractivity contribution in [3.05, 3.63) is 17.7 Å². The Kier molecular flexibility index (Phi) is 1.89. The zero-order valence-electron chi connectivity index (χ0n) is 7.67. The molecule has 1 aliphatic carbocycles. The van der Waals surface area contributed by atoms with Crippen LogP contribution >= 0.6 is 0 Å². The van der Waals surface area contributed by atoms with Gasteiger partial charge < -0.3 is 9.88 Å². The maximum Gasteiger partial charge on any atom is 0.0949 e. The second-order valence-electron chi connectivity index (χ2n) is 3.42. The van der Waals surface area contributed by atoms with Crippen LogP contribution in [0.3, 0.4) is 0 Å². The summed E-state index contributed by atoms with van der Waals surface area (Å²) in [7, 11) is 4.08. The summed E-state index contributed by atoms with van der Waals surface area (Å²) < 4.78 is 2.14. The standard InChI is InChI=1S/C9H15N3/c1-10-7-4-3-5-8-9(7)11-6-12(8)2/h6-7,10H,3-5H2,1-2H3/t7-/m0/s1. The summed E-state index contributed by atoms with van der Waals surface area (Å²) in [5.74, 6) is 0. The lowest BCUT2D eigenvalue weighted by atomic mass is 9.96. The average Bonchev–Trinajstić information content (AvgIpc) is 2.48. The SMILES string of the molecule is CN[C@H]1CCCc2c1ncn2C. The van der Waals surface area contributed by atoms with Gasteiger partial charge >= 0.3 is 0 Å². The second-order valence-corrected chi connectivity index (χ2v) is 3.42. The zero-order chi connectivity index (χ0) is 8.55. The van der Waals surface area contributed by atoms with Crippen LogP contribution in [0, 0.1) is 0 Å². The van der Waals surface area contributed by atoms with E-state index in [2.05, 4.69) is 21.9 Å². The average molecular weight is 165 g/mol. The fourth-order valence-corrected chi connectivity index (χ4v) is 1.96. The smallest absolute Gasteiger partial charge is 0.0949 e. The first-order valence-electron chi connectivity index (χ1n) is 4.50. The first kappa shape index (κ1) is 7.80. The van der Waals surface area contributed by atoms with Crippen molar-refractivity contribution in [1.29, 1.82) is 0 Å². The highest BCUT2D eigenvalue weighted by atomic mass is 15.1. The number of nitrogens with one attached hydrogen (secondary N) is 1. The van der Waals surface area contributed by atoms with Crippen LogP contribution in [0.2, 0.25) is 0 Å². The number of imidazole rings is 1. The molecule has 1 aromatic heterocycles. The van der Waals surface area contributed by atoms with Crippen LogP contribution in [0.1, 0.15) is 30.3 Å². The van der Waals surface area contributed by atoms with Gasteiger partial charge in [-0.3, -0.25) is 0 Å². The Hall–Kier alpha value is -0.830. The van der Waals surface area contributed by atoms with Crippen LogP contribution in [0.15, 0.2) is 6.33 Å². The monoisotopic (exact) mass is 165 g/mol. The molecule has 0 saturated carbocycles. The maximum atomic E-state index is 4.41. The lowest BCUT2D eigenvalue weighted by Gasteiger charge is -2.21. The molecule has 3 heteroatoms. The number of aromatic nitrogens is 2. The van der Waals surface area contributed by atoms with Crippen molar-refractivity contribution >= 4 is 0 Å². The highest BCUT2D eigenvalue weighted by molar-refractivity contribution is 5.20. The number of aryl methyl sites for hydroxylation is 1. The number of rotatable bonds is 1. The van der Waals surface area contributed by atoms with Crippen LogP contribution < -0.4 is 5.32 Å². The summed E-state index contributed by atoms with van der Waals surface area (Å²) in [6.45, 7) is 0. The van der Waals surface area contributed by atoms with E-state index in [4.69, 9.17) is 0 Å². The molecule has 0 spiro atoms. The molecule has 0 fully saturated rings. The molecular weight excluding hydrogens is 150 g/mol. The van der Waals surface area contributed by atoms with Gasteiger partial charge in [0.25, 0.3) is 0 Å². The van der Waals surface area contributed by atoms with Crippen molar-refractivity contribution in [3.8, 4) is 0 Å². The maximum absolute atomic E-state index is 4.41. The normalized spacial score (nSPS) is 22.3. The minimum Gasteiger partial charge on any atom is -0.337 e. The first-order valence-corrected chi connectivity index (χ1v) is 4.50. The van der Waals surface area contributed by atoms with Crippen LogP contribution in [0.5, 0.6) is 0 Å². The van der Waals surface area contributed by atoms with Gasteiger partial charge in [-0.25, -0.2) is 4.98 Å². The summed E-state index contributed by atoms with van der Waals surface area (Å²) in [6, 6.07) is 0.481. The molecule has 0 amide bonds. The van der Waals surface area contributed by atoms with Gasteiger partial charge in [-0.05, 0) is 26.3 Å². The minimum atomic E-state index is 0.481. The molecule has 0 aliphatic heterocycles. The van der Waals surface area contributed by atoms with E-state index in [-0.39, 0.29) is 0 Å². The van der Waals surface area contributed by atoms with E-state index in [1.165, 1.54) is 30.7 Å². The molecule has 0 unspecified atom stereocenters. The number of nitrogens with zero attached hydrogens (tertiary/aromatic N) is 2. The Bertz CT molecular complexity index is 277. The predicted molar refractivity (Wildman–Crippen MR) is 47.9 cm³/mol. The van der Waals surface area contributed by atoms with Crippen molar-refractivity contribution in [3.63, 3.8) is 0 Å². The number of hydrogen-bond donors (Lipinski definition) is 1. The van der Waals surface area contributed by atoms with E-state index in [0.29, 0.717) is 6.04 Å². The van der Waals surface area contributed by atoms with E-state index in [1.807, 2.05) is 13.4 Å². The second kappa shape index (κ2) is 2.90. The Morgan fingerprint density at radius 1 is 1.67 bits per heavy atom. The molecule has 0 bridgehead atoms. The molecule has 1 heterocycles. The lowest BCUT2D eigenvalue weighted by molar-refractivity contribution is 0.479. The van der Waals surface area contributed by atoms with E-state index >= 15 is 0 Å². The number of fused-ring (bicyclic) bond motifs is 1. The fourth-order valence-electron chi connectivity index (χ4n) is 1.96. The fraction of sp³-hybridized carbons (Fsp3) is 0.667. The molecule has 12 heavy (non-hydrogen) atoms. The van der Waals surface area contributed by atoms with Crippen LogP contribution in [0.4, 0.5) is 0 Å². The van der Waals surface area contributed by atoms with Crippen LogP contribution in [-0.4, -0.2) is 16.6 Å². The summed E-state index contributed by atoms with van der Waals surface area (Å²) >= 11 is 0. The van der Waals surface area contributed by atoms with Gasteiger partial charge in [-0.1, -0.05) is 0 Å². The minimum absolute atomic E-state index is 0.481. The Morgan fingerprint density at radius 3 is 3.25 bits per heavy atom. The van der Waals surface area contributed by atoms with E-state index in [9.17, 15) is 0 Å². The Labute approximate surface area is 72.8 Å². The number of hydrogen-bond acceptors (Lipinski definition) is 2. The van der Waals surface area contributed by atoms with Gasteiger partial charge in [0.15, 0.2) is 0 Å². The molecule has 1 aliphatic rings. The van der Waals surface area contributed by atoms with Gasteiger partial charge in [0, 0.05) is 12.7 Å². The Balaban J connectivity index is 2.38. The van der Waals surface area contributed by atoms with Gasteiger partial charge in [-0.15, -0.1) is 0 Å². The third-order valence-corrected chi connectivity index (χ3v) is 2.68. The van der Waals surface area contributed by atoms with Crippen molar-refractivity contribution in [2.45, 2.75) is 25.3 Å². The van der Waals surface area contributed by atoms with Crippen molar-refractivity contribution < 1.29 is 0 Å². The summed E-state index contributed by atoms with van der Waals surface area (Å²) in [6.07, 6.45) is 5.60. The third-order valence-electron chi connectivity index (χ3n) is 2.68. The van der Waals surface area contributed by atoms with E-state index in [0.717, 1.165) is 0 Å². The lowest BCUT2D eigenvalue weighted by Crippen LogP contribution is -2.22. The van der Waals surface area contributed by atoms with Gasteiger partial charge in [0.05, 0.1) is 18.1 Å². The third kappa shape index (κ3) is 1.05. The molecule has 0 saturated heterocycles. The predicted octanol–water partition coefficient (Wildman–Crippen LogP) is 1.02. The quantitative estimate of drug-likeness (QED) is 0.673. The Morgan fingerprint density at radius 2 is 2.50 bits per heavy atom. The van der Waals surface area contributed by atoms with Gasteiger partial charge in [0.1, 0.15) is 0 Å². The van der Waals surface area contributed by atoms with E-state index < -0.39 is 0 Å². The van der Waals surface area contributed by atoms with Crippen LogP contribution in [-0.2, 0) is 13.5 Å². The van der Waals surface area contributed by atoms with Gasteiger partial charge in [-0.2, -0.15) is 0 Å². The molecule has 66 valence electrons. The molecular formula is C9H15N3. The molecule has 3 nitrogen and oxygen atoms in total. The first-order chi connectivity index (χ1) is 5.83. The summed E-state index contributed by atoms with van der Waals surface area (Å²) in [5.41, 5.74) is 2.66. The summed E-state index contributed by atoms with van der Waals surface area (Å²) in [4.78, 5) is 4.41. The molecule has 1 N–H and O–H groups in total. The molecule has 0 aromatic carbocycles. The largest absolute Gasteiger partial charge is 0.337 e. The van der Waals surface area contributed by atoms with Crippen molar-refractivity contribution in [2.24, 2.45) is 7.05 Å². The highest BCUT2D eigenvalue weighted by Crippen LogP contribution is 2.27. The van der Waals surface area contributed by atoms with Crippen molar-refractivity contribution in [2.75, 3.05) is 7.05 Å². The molecule has 1 atom stereocenters. The molecule has 1 aromatic rings. The topological polar surface area (TPSA) is 29.9 Å². The summed E-state index contributed by atoms with van der Waals surface area (Å²) in [5, 5.41) is 3.30. The van der Waals surface area contributed by atoms with Gasteiger partial charge in [0.2, 0.25) is 0 Å². The molecule has 2 rings (SSSR count). The zero-order valence-corrected chi connectivity index (χ0v) is 7.67.